The fourth-order valence-electron chi connectivity index (χ4n) is 4.94. The minimum absolute atomic E-state index is 0.171. The van der Waals surface area contributed by atoms with Crippen LogP contribution in [-0.2, 0) is 0 Å². The lowest BCUT2D eigenvalue weighted by Gasteiger charge is -2.22. The predicted octanol–water partition coefficient (Wildman–Crippen LogP) is 8.10. The summed E-state index contributed by atoms with van der Waals surface area (Å²) >= 11 is 0. The van der Waals surface area contributed by atoms with Gasteiger partial charge < -0.3 is 19.5 Å². The van der Waals surface area contributed by atoms with Crippen LogP contribution in [0.15, 0.2) is 42.5 Å². The average Bonchev–Trinajstić information content (AvgIpc) is 3.21. The second kappa shape index (κ2) is 15.4. The lowest BCUT2D eigenvalue weighted by molar-refractivity contribution is 0.112. The molecule has 0 aliphatic carbocycles. The standard InChI is InChI=1S/C25H25FN4O2.C6H14.C2H6/c1-29-8-3-9-30(11-10-29)18-5-6-19-22(14-18)28-24-17(15-31)13-21(27-25(19)24)16-4-7-23(32-2)20(26)12-16;1-3-5-6-4-2;1-2/h4-7,12-15,28H,3,8-11H2,1-2H3;3-6H2,1-2H3;1-2H3. The molecule has 1 fully saturated rings. The number of fused-ring (bicyclic) bond motifs is 3. The van der Waals surface area contributed by atoms with Crippen LogP contribution in [0, 0.1) is 5.82 Å². The van der Waals surface area contributed by atoms with Gasteiger partial charge in [0.1, 0.15) is 0 Å². The first-order valence-electron chi connectivity index (χ1n) is 14.7. The highest BCUT2D eigenvalue weighted by Crippen LogP contribution is 2.33. The summed E-state index contributed by atoms with van der Waals surface area (Å²) in [6.07, 6.45) is 7.48. The minimum atomic E-state index is -0.466. The molecule has 3 heterocycles. The zero-order chi connectivity index (χ0) is 29.1. The number of aromatic amines is 1. The molecule has 1 N–H and O–H groups in total. The normalized spacial score (nSPS) is 13.7. The van der Waals surface area contributed by atoms with Crippen molar-refractivity contribution in [1.82, 2.24) is 14.9 Å². The number of methoxy groups -OCH3 is 1. The first-order chi connectivity index (χ1) is 19.5. The third-order valence-corrected chi connectivity index (χ3v) is 7.18. The lowest BCUT2D eigenvalue weighted by Crippen LogP contribution is -2.28. The van der Waals surface area contributed by atoms with Crippen LogP contribution in [0.3, 0.4) is 0 Å². The molecule has 0 spiro atoms. The van der Waals surface area contributed by atoms with Crippen LogP contribution in [0.25, 0.3) is 33.2 Å². The molecule has 0 bridgehead atoms. The lowest BCUT2D eigenvalue weighted by atomic mass is 10.1. The molecular weight excluding hydrogens is 503 g/mol. The number of ether oxygens (including phenoxy) is 1. The van der Waals surface area contributed by atoms with Crippen LogP contribution < -0.4 is 9.64 Å². The number of hydrogen-bond acceptors (Lipinski definition) is 5. The van der Waals surface area contributed by atoms with Crippen LogP contribution in [0.5, 0.6) is 5.75 Å². The monoisotopic (exact) mass is 548 g/mol. The van der Waals surface area contributed by atoms with Crippen molar-refractivity contribution < 1.29 is 13.9 Å². The Hall–Kier alpha value is -3.45. The van der Waals surface area contributed by atoms with E-state index in [1.807, 2.05) is 13.8 Å². The number of carbonyl (C=O) groups excluding carboxylic acids is 1. The van der Waals surface area contributed by atoms with Gasteiger partial charge in [0.15, 0.2) is 17.9 Å². The average molecular weight is 549 g/mol. The molecule has 1 aliphatic heterocycles. The Balaban J connectivity index is 0.000000491. The number of nitrogens with one attached hydrogen (secondary N) is 1. The van der Waals surface area contributed by atoms with Crippen molar-refractivity contribution in [2.24, 2.45) is 0 Å². The highest BCUT2D eigenvalue weighted by Gasteiger charge is 2.17. The minimum Gasteiger partial charge on any atom is -0.494 e. The maximum absolute atomic E-state index is 14.3. The molecule has 0 saturated carbocycles. The largest absolute Gasteiger partial charge is 0.494 e. The number of unbranched alkanes of at least 4 members (excludes halogenated alkanes) is 3. The quantitative estimate of drug-likeness (QED) is 0.187. The molecule has 1 aliphatic rings. The van der Waals surface area contributed by atoms with Gasteiger partial charge in [-0.15, -0.1) is 0 Å². The molecule has 216 valence electrons. The Morgan fingerprint density at radius 3 is 2.40 bits per heavy atom. The van der Waals surface area contributed by atoms with Gasteiger partial charge in [-0.05, 0) is 62.5 Å². The summed E-state index contributed by atoms with van der Waals surface area (Å²) in [4.78, 5) is 24.8. The number of benzene rings is 2. The predicted molar refractivity (Wildman–Crippen MR) is 166 cm³/mol. The molecular formula is C33H45FN4O2. The number of halogens is 1. The topological polar surface area (TPSA) is 61.5 Å². The van der Waals surface area contributed by atoms with Gasteiger partial charge >= 0.3 is 0 Å². The molecule has 0 amide bonds. The van der Waals surface area contributed by atoms with Crippen molar-refractivity contribution >= 4 is 33.9 Å². The molecule has 1 saturated heterocycles. The second-order valence-electron chi connectivity index (χ2n) is 9.99. The van der Waals surface area contributed by atoms with E-state index in [1.54, 1.807) is 18.2 Å². The Morgan fingerprint density at radius 2 is 1.75 bits per heavy atom. The van der Waals surface area contributed by atoms with Gasteiger partial charge in [-0.3, -0.25) is 4.79 Å². The number of carbonyl (C=O) groups is 1. The number of rotatable bonds is 7. The highest BCUT2D eigenvalue weighted by molar-refractivity contribution is 6.11. The SMILES string of the molecule is CC.CCCCCC.COc1ccc(-c2cc(C=O)c3[nH]c4cc(N5CCCN(C)CC5)ccc4c3n2)cc1F. The number of pyridine rings is 1. The van der Waals surface area contributed by atoms with Gasteiger partial charge in [0.05, 0.1) is 29.4 Å². The van der Waals surface area contributed by atoms with Crippen LogP contribution in [0.4, 0.5) is 10.1 Å². The van der Waals surface area contributed by atoms with Crippen molar-refractivity contribution in [2.45, 2.75) is 59.8 Å². The molecule has 2 aromatic heterocycles. The van der Waals surface area contributed by atoms with Crippen LogP contribution in [0.2, 0.25) is 0 Å². The number of aldehydes is 1. The van der Waals surface area contributed by atoms with E-state index in [4.69, 9.17) is 9.72 Å². The first kappa shape index (κ1) is 31.1. The Bertz CT molecular complexity index is 1380. The fourth-order valence-corrected chi connectivity index (χ4v) is 4.94. The van der Waals surface area contributed by atoms with Gasteiger partial charge in [0.25, 0.3) is 0 Å². The second-order valence-corrected chi connectivity index (χ2v) is 9.99. The molecule has 2 aromatic carbocycles. The van der Waals surface area contributed by atoms with Crippen LogP contribution >= 0.6 is 0 Å². The fraction of sp³-hybridized carbons (Fsp3) is 0.455. The first-order valence-corrected chi connectivity index (χ1v) is 14.7. The third kappa shape index (κ3) is 7.39. The summed E-state index contributed by atoms with van der Waals surface area (Å²) in [5.41, 5.74) is 5.12. The smallest absolute Gasteiger partial charge is 0.165 e. The van der Waals surface area contributed by atoms with E-state index in [9.17, 15) is 9.18 Å². The maximum Gasteiger partial charge on any atom is 0.165 e. The molecule has 6 nitrogen and oxygen atoms in total. The zero-order valence-electron chi connectivity index (χ0n) is 25.0. The van der Waals surface area contributed by atoms with Gasteiger partial charge in [0.2, 0.25) is 0 Å². The number of aromatic nitrogens is 2. The Morgan fingerprint density at radius 1 is 1.00 bits per heavy atom. The molecule has 0 atom stereocenters. The van der Waals surface area contributed by atoms with Crippen molar-refractivity contribution in [3.05, 3.63) is 53.8 Å². The zero-order valence-corrected chi connectivity index (χ0v) is 25.0. The van der Waals surface area contributed by atoms with Gasteiger partial charge in [-0.25, -0.2) is 9.37 Å². The molecule has 4 aromatic rings. The summed E-state index contributed by atoms with van der Waals surface area (Å²) in [5.74, 6) is -0.295. The maximum atomic E-state index is 14.3. The summed E-state index contributed by atoms with van der Waals surface area (Å²) in [7, 11) is 3.58. The molecule has 40 heavy (non-hydrogen) atoms. The number of likely N-dealkylation sites (N-methyl/N-ethyl adjacent to an activating group) is 1. The molecule has 0 radical (unpaired) electrons. The van der Waals surface area contributed by atoms with Gasteiger partial charge in [-0.2, -0.15) is 0 Å². The number of hydrogen-bond donors (Lipinski definition) is 1. The van der Waals surface area contributed by atoms with Crippen LogP contribution in [-0.4, -0.2) is 61.5 Å². The van der Waals surface area contributed by atoms with E-state index in [2.05, 4.69) is 53.9 Å². The summed E-state index contributed by atoms with van der Waals surface area (Å²) in [6.45, 7) is 12.6. The van der Waals surface area contributed by atoms with Crippen molar-refractivity contribution in [2.75, 3.05) is 45.2 Å². The summed E-state index contributed by atoms with van der Waals surface area (Å²) < 4.78 is 19.3. The van der Waals surface area contributed by atoms with Crippen molar-refractivity contribution in [1.29, 1.82) is 0 Å². The Kier molecular flexibility index (Phi) is 11.9. The Labute approximate surface area is 238 Å². The van der Waals surface area contributed by atoms with Gasteiger partial charge in [-0.1, -0.05) is 53.4 Å². The van der Waals surface area contributed by atoms with E-state index < -0.39 is 5.82 Å². The van der Waals surface area contributed by atoms with E-state index in [0.29, 0.717) is 27.9 Å². The van der Waals surface area contributed by atoms with Gasteiger partial charge in [0, 0.05) is 41.8 Å². The molecule has 5 rings (SSSR count). The van der Waals surface area contributed by atoms with E-state index in [0.717, 1.165) is 55.5 Å². The van der Waals surface area contributed by atoms with Crippen LogP contribution in [0.1, 0.15) is 70.2 Å². The van der Waals surface area contributed by atoms with Crippen molar-refractivity contribution in [3.63, 3.8) is 0 Å². The molecule has 7 heteroatoms. The molecule has 0 unspecified atom stereocenters. The number of H-pyrrole nitrogens is 1. The highest BCUT2D eigenvalue weighted by atomic mass is 19.1. The number of anilines is 1. The van der Waals surface area contributed by atoms with E-state index >= 15 is 0 Å². The van der Waals surface area contributed by atoms with Crippen molar-refractivity contribution in [3.8, 4) is 17.0 Å². The summed E-state index contributed by atoms with van der Waals surface area (Å²) in [6, 6.07) is 12.7. The van der Waals surface area contributed by atoms with E-state index in [-0.39, 0.29) is 5.75 Å². The van der Waals surface area contributed by atoms with E-state index in [1.165, 1.54) is 38.9 Å². The third-order valence-electron chi connectivity index (χ3n) is 7.18. The number of nitrogens with zero attached hydrogens (tertiary/aromatic N) is 3. The summed E-state index contributed by atoms with van der Waals surface area (Å²) in [5, 5.41) is 0.939.